The summed E-state index contributed by atoms with van der Waals surface area (Å²) in [4.78, 5) is 0. The van der Waals surface area contributed by atoms with Crippen LogP contribution in [0.1, 0.15) is 0 Å². The van der Waals surface area contributed by atoms with Gasteiger partial charge in [-0.25, -0.2) is 4.57 Å². The summed E-state index contributed by atoms with van der Waals surface area (Å²) in [5.41, 5.74) is 0. The van der Waals surface area contributed by atoms with Gasteiger partial charge >= 0.3 is 7.60 Å². The van der Waals surface area contributed by atoms with E-state index in [2.05, 4.69) is 5.32 Å². The molecule has 4 aromatic carbocycles. The van der Waals surface area contributed by atoms with Crippen LogP contribution in [0.25, 0.3) is 21.5 Å². The SMILES string of the molecule is N#CCNCP(=O)(Oc1ccc2ccccc2c1)Oc1ccc2ccccc2c1. The molecule has 6 heteroatoms. The second-order valence-electron chi connectivity index (χ2n) is 6.55. The molecule has 4 rings (SSSR count). The summed E-state index contributed by atoms with van der Waals surface area (Å²) in [6, 6.07) is 28.7. The van der Waals surface area contributed by atoms with Crippen molar-refractivity contribution in [3.63, 3.8) is 0 Å². The first kappa shape index (κ1) is 19.0. The molecule has 0 saturated heterocycles. The van der Waals surface area contributed by atoms with Crippen molar-refractivity contribution in [1.82, 2.24) is 5.32 Å². The molecule has 0 aliphatic rings. The number of benzene rings is 4. The average molecular weight is 402 g/mol. The normalized spacial score (nSPS) is 11.3. The fourth-order valence-corrected chi connectivity index (χ4v) is 4.52. The van der Waals surface area contributed by atoms with Gasteiger partial charge in [0.2, 0.25) is 0 Å². The van der Waals surface area contributed by atoms with Crippen LogP contribution in [0.5, 0.6) is 11.5 Å². The van der Waals surface area contributed by atoms with Gasteiger partial charge < -0.3 is 9.05 Å². The third-order valence-corrected chi connectivity index (χ3v) is 6.03. The molecular weight excluding hydrogens is 383 g/mol. The molecule has 1 N–H and O–H groups in total. The fourth-order valence-electron chi connectivity index (χ4n) is 3.10. The van der Waals surface area contributed by atoms with Crippen molar-refractivity contribution in [2.24, 2.45) is 0 Å². The standard InChI is InChI=1S/C23H19N2O3P/c24-13-14-25-17-29(26,27-22-11-9-18-5-1-3-7-20(18)15-22)28-23-12-10-19-6-2-4-8-21(19)16-23/h1-12,15-16,25H,14,17H2. The lowest BCUT2D eigenvalue weighted by Crippen LogP contribution is -2.20. The van der Waals surface area contributed by atoms with Crippen LogP contribution in [0.4, 0.5) is 0 Å². The molecule has 144 valence electrons. The van der Waals surface area contributed by atoms with Gasteiger partial charge in [-0.05, 0) is 45.8 Å². The molecule has 0 amide bonds. The van der Waals surface area contributed by atoms with Gasteiger partial charge in [-0.3, -0.25) is 5.32 Å². The van der Waals surface area contributed by atoms with Crippen LogP contribution < -0.4 is 14.4 Å². The Bertz CT molecular complexity index is 1160. The highest BCUT2D eigenvalue weighted by molar-refractivity contribution is 7.54. The summed E-state index contributed by atoms with van der Waals surface area (Å²) >= 11 is 0. The highest BCUT2D eigenvalue weighted by atomic mass is 31.2. The Hall–Kier alpha value is -3.32. The first-order chi connectivity index (χ1) is 14.1. The number of nitrogens with zero attached hydrogens (tertiary/aromatic N) is 1. The van der Waals surface area contributed by atoms with Crippen LogP contribution >= 0.6 is 7.60 Å². The minimum Gasteiger partial charge on any atom is -0.415 e. The van der Waals surface area contributed by atoms with E-state index in [0.717, 1.165) is 21.5 Å². The van der Waals surface area contributed by atoms with E-state index < -0.39 is 7.60 Å². The highest BCUT2D eigenvalue weighted by Crippen LogP contribution is 2.48. The van der Waals surface area contributed by atoms with Crippen LogP contribution in [-0.4, -0.2) is 12.8 Å². The molecule has 0 unspecified atom stereocenters. The van der Waals surface area contributed by atoms with E-state index >= 15 is 0 Å². The Balaban J connectivity index is 1.62. The van der Waals surface area contributed by atoms with E-state index in [1.54, 1.807) is 12.1 Å². The predicted octanol–water partition coefficient (Wildman–Crippen LogP) is 5.71. The summed E-state index contributed by atoms with van der Waals surface area (Å²) in [6.07, 6.45) is -0.0831. The Labute approximate surface area is 169 Å². The maximum absolute atomic E-state index is 13.5. The molecule has 0 atom stereocenters. The summed E-state index contributed by atoms with van der Waals surface area (Å²) in [7, 11) is -3.61. The van der Waals surface area contributed by atoms with Gasteiger partial charge in [-0.2, -0.15) is 5.26 Å². The zero-order chi connectivity index (χ0) is 20.1. The first-order valence-corrected chi connectivity index (χ1v) is 10.9. The zero-order valence-corrected chi connectivity index (χ0v) is 16.5. The molecule has 0 bridgehead atoms. The third-order valence-electron chi connectivity index (χ3n) is 4.44. The Morgan fingerprint density at radius 1 is 0.759 bits per heavy atom. The van der Waals surface area contributed by atoms with Crippen molar-refractivity contribution in [2.45, 2.75) is 0 Å². The molecule has 0 aliphatic carbocycles. The minimum atomic E-state index is -3.61. The largest absolute Gasteiger partial charge is 0.444 e. The smallest absolute Gasteiger partial charge is 0.415 e. The van der Waals surface area contributed by atoms with Crippen molar-refractivity contribution >= 4 is 29.1 Å². The first-order valence-electron chi connectivity index (χ1n) is 9.19. The van der Waals surface area contributed by atoms with Gasteiger partial charge in [0.15, 0.2) is 0 Å². The maximum Gasteiger partial charge on any atom is 0.444 e. The fraction of sp³-hybridized carbons (Fsp3) is 0.0870. The molecule has 0 aliphatic heterocycles. The number of nitriles is 1. The Morgan fingerprint density at radius 3 is 1.72 bits per heavy atom. The van der Waals surface area contributed by atoms with Gasteiger partial charge in [-0.1, -0.05) is 60.7 Å². The summed E-state index contributed by atoms with van der Waals surface area (Å²) < 4.78 is 25.2. The van der Waals surface area contributed by atoms with Crippen molar-refractivity contribution in [2.75, 3.05) is 12.8 Å². The van der Waals surface area contributed by atoms with E-state index in [9.17, 15) is 4.57 Å². The van der Waals surface area contributed by atoms with Gasteiger partial charge in [0.25, 0.3) is 0 Å². The van der Waals surface area contributed by atoms with E-state index in [-0.39, 0.29) is 12.8 Å². The second-order valence-corrected chi connectivity index (χ2v) is 8.46. The van der Waals surface area contributed by atoms with Crippen LogP contribution in [0, 0.1) is 11.3 Å². The van der Waals surface area contributed by atoms with Crippen LogP contribution in [0.2, 0.25) is 0 Å². The number of rotatable bonds is 7. The molecule has 0 aromatic heterocycles. The Kier molecular flexibility index (Phi) is 5.48. The number of hydrogen-bond acceptors (Lipinski definition) is 5. The van der Waals surface area contributed by atoms with Crippen molar-refractivity contribution in [3.05, 3.63) is 84.9 Å². The molecule has 5 nitrogen and oxygen atoms in total. The topological polar surface area (TPSA) is 71.4 Å². The molecule has 0 spiro atoms. The van der Waals surface area contributed by atoms with Crippen molar-refractivity contribution in [3.8, 4) is 17.6 Å². The lowest BCUT2D eigenvalue weighted by molar-refractivity contribution is 0.382. The number of fused-ring (bicyclic) bond motifs is 2. The highest BCUT2D eigenvalue weighted by Gasteiger charge is 2.28. The number of nitrogens with one attached hydrogen (secondary N) is 1. The summed E-state index contributed by atoms with van der Waals surface area (Å²) in [5, 5.41) is 15.7. The van der Waals surface area contributed by atoms with Gasteiger partial charge in [0.05, 0.1) is 12.6 Å². The van der Waals surface area contributed by atoms with Crippen molar-refractivity contribution in [1.29, 1.82) is 5.26 Å². The Morgan fingerprint density at radius 2 is 1.24 bits per heavy atom. The average Bonchev–Trinajstić information content (AvgIpc) is 2.73. The van der Waals surface area contributed by atoms with Crippen LogP contribution in [0.15, 0.2) is 84.9 Å². The van der Waals surface area contributed by atoms with Gasteiger partial charge in [-0.15, -0.1) is 0 Å². The molecule has 0 fully saturated rings. The summed E-state index contributed by atoms with van der Waals surface area (Å²) in [5.74, 6) is 0.901. The predicted molar refractivity (Wildman–Crippen MR) is 115 cm³/mol. The molecule has 0 saturated carbocycles. The molecule has 0 heterocycles. The van der Waals surface area contributed by atoms with E-state index in [4.69, 9.17) is 14.3 Å². The van der Waals surface area contributed by atoms with Crippen LogP contribution in [-0.2, 0) is 4.57 Å². The van der Waals surface area contributed by atoms with Gasteiger partial charge in [0, 0.05) is 0 Å². The molecule has 29 heavy (non-hydrogen) atoms. The summed E-state index contributed by atoms with van der Waals surface area (Å²) in [6.45, 7) is 0.0478. The maximum atomic E-state index is 13.5. The quantitative estimate of drug-likeness (QED) is 0.243. The van der Waals surface area contributed by atoms with E-state index in [1.807, 2.05) is 78.9 Å². The molecule has 0 radical (unpaired) electrons. The van der Waals surface area contributed by atoms with Crippen LogP contribution in [0.3, 0.4) is 0 Å². The van der Waals surface area contributed by atoms with Crippen molar-refractivity contribution < 1.29 is 13.6 Å². The lowest BCUT2D eigenvalue weighted by Gasteiger charge is -2.20. The molecular formula is C23H19N2O3P. The minimum absolute atomic E-state index is 0.0478. The zero-order valence-electron chi connectivity index (χ0n) is 15.6. The molecule has 4 aromatic rings. The van der Waals surface area contributed by atoms with Gasteiger partial charge in [0.1, 0.15) is 17.8 Å². The second kappa shape index (κ2) is 8.36. The van der Waals surface area contributed by atoms with E-state index in [1.165, 1.54) is 0 Å². The monoisotopic (exact) mass is 402 g/mol. The number of hydrogen-bond donors (Lipinski definition) is 1. The van der Waals surface area contributed by atoms with E-state index in [0.29, 0.717) is 11.5 Å². The third kappa shape index (κ3) is 4.57. The lowest BCUT2D eigenvalue weighted by atomic mass is 10.1.